The first-order valence-corrected chi connectivity index (χ1v) is 6.67. The normalized spacial score (nSPS) is 10.2. The minimum absolute atomic E-state index is 0.0925. The van der Waals surface area contributed by atoms with Crippen molar-refractivity contribution in [3.8, 4) is 17.2 Å². The van der Waals surface area contributed by atoms with Crippen LogP contribution in [0.2, 0.25) is 0 Å². The Morgan fingerprint density at radius 3 is 2.00 bits per heavy atom. The second-order valence-corrected chi connectivity index (χ2v) is 4.58. The van der Waals surface area contributed by atoms with E-state index in [1.165, 1.54) is 33.5 Å². The summed E-state index contributed by atoms with van der Waals surface area (Å²) in [4.78, 5) is 12.2. The van der Waals surface area contributed by atoms with Gasteiger partial charge in [-0.25, -0.2) is 13.2 Å². The van der Waals surface area contributed by atoms with E-state index in [9.17, 15) is 18.0 Å². The summed E-state index contributed by atoms with van der Waals surface area (Å²) in [5.41, 5.74) is -0.566. The number of carbonyl (C=O) groups is 1. The zero-order valence-electron chi connectivity index (χ0n) is 13.1. The molecule has 1 amide bonds. The van der Waals surface area contributed by atoms with E-state index in [1.807, 2.05) is 0 Å². The Labute approximate surface area is 135 Å². The number of methoxy groups -OCH3 is 3. The molecule has 0 radical (unpaired) electrons. The summed E-state index contributed by atoms with van der Waals surface area (Å²) in [6.07, 6.45) is 0. The predicted molar refractivity (Wildman–Crippen MR) is 80.4 cm³/mol. The van der Waals surface area contributed by atoms with Gasteiger partial charge in [0.25, 0.3) is 5.91 Å². The molecule has 1 N–H and O–H groups in total. The molecule has 0 saturated carbocycles. The average molecular weight is 341 g/mol. The Hall–Kier alpha value is -2.90. The van der Waals surface area contributed by atoms with E-state index in [0.717, 1.165) is 6.07 Å². The van der Waals surface area contributed by atoms with Crippen LogP contribution in [0, 0.1) is 17.5 Å². The van der Waals surface area contributed by atoms with E-state index in [1.54, 1.807) is 0 Å². The maximum atomic E-state index is 13.7. The van der Waals surface area contributed by atoms with Gasteiger partial charge in [-0.1, -0.05) is 0 Å². The summed E-state index contributed by atoms with van der Waals surface area (Å²) in [5, 5.41) is 2.36. The van der Waals surface area contributed by atoms with Crippen LogP contribution in [0.3, 0.4) is 0 Å². The van der Waals surface area contributed by atoms with Crippen molar-refractivity contribution < 1.29 is 32.2 Å². The molecule has 0 atom stereocenters. The summed E-state index contributed by atoms with van der Waals surface area (Å²) >= 11 is 0. The van der Waals surface area contributed by atoms with Crippen molar-refractivity contribution in [3.63, 3.8) is 0 Å². The first-order valence-electron chi connectivity index (χ1n) is 6.67. The van der Waals surface area contributed by atoms with Crippen molar-refractivity contribution in [2.24, 2.45) is 0 Å². The predicted octanol–water partition coefficient (Wildman–Crippen LogP) is 3.38. The molecule has 0 heterocycles. The second kappa shape index (κ2) is 7.12. The molecule has 0 saturated heterocycles. The summed E-state index contributed by atoms with van der Waals surface area (Å²) in [6.45, 7) is 0. The minimum Gasteiger partial charge on any atom is -0.496 e. The molecule has 0 aliphatic carbocycles. The van der Waals surface area contributed by atoms with Gasteiger partial charge in [0.1, 0.15) is 22.9 Å². The highest BCUT2D eigenvalue weighted by molar-refractivity contribution is 6.06. The third-order valence-electron chi connectivity index (χ3n) is 3.23. The number of nitrogens with one attached hydrogen (secondary N) is 1. The summed E-state index contributed by atoms with van der Waals surface area (Å²) in [7, 11) is 4.13. The van der Waals surface area contributed by atoms with Gasteiger partial charge < -0.3 is 19.5 Å². The maximum absolute atomic E-state index is 13.7. The molecular weight excluding hydrogens is 327 g/mol. The van der Waals surface area contributed by atoms with Crippen molar-refractivity contribution in [3.05, 3.63) is 47.3 Å². The number of hydrogen-bond acceptors (Lipinski definition) is 4. The fourth-order valence-electron chi connectivity index (χ4n) is 2.01. The van der Waals surface area contributed by atoms with Crippen LogP contribution in [-0.2, 0) is 0 Å². The van der Waals surface area contributed by atoms with E-state index in [-0.39, 0.29) is 17.2 Å². The lowest BCUT2D eigenvalue weighted by Gasteiger charge is -2.16. The molecule has 0 unspecified atom stereocenters. The van der Waals surface area contributed by atoms with Gasteiger partial charge in [0.15, 0.2) is 17.5 Å². The number of ether oxygens (including phenoxy) is 3. The van der Waals surface area contributed by atoms with Crippen LogP contribution < -0.4 is 19.5 Å². The van der Waals surface area contributed by atoms with Crippen LogP contribution in [0.5, 0.6) is 17.2 Å². The Bertz CT molecular complexity index is 755. The number of benzene rings is 2. The molecule has 8 heteroatoms. The molecule has 2 aromatic rings. The Morgan fingerprint density at radius 1 is 0.917 bits per heavy atom. The molecule has 0 bridgehead atoms. The number of hydrogen-bond donors (Lipinski definition) is 1. The van der Waals surface area contributed by atoms with E-state index in [4.69, 9.17) is 14.2 Å². The first kappa shape index (κ1) is 17.5. The van der Waals surface area contributed by atoms with Crippen molar-refractivity contribution in [2.75, 3.05) is 26.6 Å². The Morgan fingerprint density at radius 2 is 1.50 bits per heavy atom. The van der Waals surface area contributed by atoms with E-state index >= 15 is 0 Å². The topological polar surface area (TPSA) is 56.8 Å². The molecule has 24 heavy (non-hydrogen) atoms. The fraction of sp³-hybridized carbons (Fsp3) is 0.188. The number of carbonyl (C=O) groups excluding carboxylic acids is 1. The van der Waals surface area contributed by atoms with Crippen molar-refractivity contribution in [2.45, 2.75) is 0 Å². The molecule has 0 aromatic heterocycles. The fourth-order valence-corrected chi connectivity index (χ4v) is 2.01. The van der Waals surface area contributed by atoms with Crippen molar-refractivity contribution >= 4 is 11.6 Å². The SMILES string of the molecule is COc1cc(OC)c(NC(=O)c2ccc(F)c(F)c2F)c(OC)c1. The molecule has 2 aromatic carbocycles. The zero-order valence-corrected chi connectivity index (χ0v) is 13.1. The second-order valence-electron chi connectivity index (χ2n) is 4.58. The molecule has 2 rings (SSSR count). The highest BCUT2D eigenvalue weighted by Crippen LogP contribution is 2.39. The summed E-state index contributed by atoms with van der Waals surface area (Å²) in [5.74, 6) is -4.92. The number of amides is 1. The van der Waals surface area contributed by atoms with Gasteiger partial charge >= 0.3 is 0 Å². The largest absolute Gasteiger partial charge is 0.496 e. The Kier molecular flexibility index (Phi) is 5.18. The number of halogens is 3. The quantitative estimate of drug-likeness (QED) is 0.847. The van der Waals surface area contributed by atoms with Crippen LogP contribution in [0.15, 0.2) is 24.3 Å². The van der Waals surface area contributed by atoms with Gasteiger partial charge in [0.05, 0.1) is 26.9 Å². The monoisotopic (exact) mass is 341 g/mol. The van der Waals surface area contributed by atoms with Gasteiger partial charge in [-0.05, 0) is 12.1 Å². The van der Waals surface area contributed by atoms with Crippen LogP contribution in [0.25, 0.3) is 0 Å². The van der Waals surface area contributed by atoms with E-state index in [2.05, 4.69) is 5.32 Å². The number of anilines is 1. The van der Waals surface area contributed by atoms with Gasteiger partial charge in [-0.2, -0.15) is 0 Å². The standard InChI is InChI=1S/C16H14F3NO4/c1-22-8-6-11(23-2)15(12(7-8)24-3)20-16(21)9-4-5-10(17)14(19)13(9)18/h4-7H,1-3H3,(H,20,21). The molecule has 0 aliphatic heterocycles. The maximum Gasteiger partial charge on any atom is 0.258 e. The lowest BCUT2D eigenvalue weighted by atomic mass is 10.1. The van der Waals surface area contributed by atoms with Gasteiger partial charge in [0.2, 0.25) is 0 Å². The summed E-state index contributed by atoms with van der Waals surface area (Å²) < 4.78 is 55.3. The highest BCUT2D eigenvalue weighted by atomic mass is 19.2. The minimum atomic E-state index is -1.73. The van der Waals surface area contributed by atoms with Crippen LogP contribution in [0.4, 0.5) is 18.9 Å². The molecule has 5 nitrogen and oxygen atoms in total. The van der Waals surface area contributed by atoms with Gasteiger partial charge in [-0.15, -0.1) is 0 Å². The third-order valence-corrected chi connectivity index (χ3v) is 3.23. The molecular formula is C16H14F3NO4. The van der Waals surface area contributed by atoms with Gasteiger partial charge in [0, 0.05) is 12.1 Å². The lowest BCUT2D eigenvalue weighted by molar-refractivity contribution is 0.102. The van der Waals surface area contributed by atoms with E-state index in [0.29, 0.717) is 11.8 Å². The smallest absolute Gasteiger partial charge is 0.258 e. The molecule has 0 spiro atoms. The molecule has 128 valence electrons. The first-order chi connectivity index (χ1) is 11.4. The highest BCUT2D eigenvalue weighted by Gasteiger charge is 2.22. The molecule has 0 aliphatic rings. The van der Waals surface area contributed by atoms with Crippen LogP contribution in [0.1, 0.15) is 10.4 Å². The Balaban J connectivity index is 2.44. The average Bonchev–Trinajstić information content (AvgIpc) is 2.59. The lowest BCUT2D eigenvalue weighted by Crippen LogP contribution is -2.16. The third kappa shape index (κ3) is 3.22. The van der Waals surface area contributed by atoms with Crippen molar-refractivity contribution in [1.82, 2.24) is 0 Å². The van der Waals surface area contributed by atoms with Crippen molar-refractivity contribution in [1.29, 1.82) is 0 Å². The molecule has 0 fully saturated rings. The van der Waals surface area contributed by atoms with E-state index < -0.39 is 28.9 Å². The zero-order chi connectivity index (χ0) is 17.9. The summed E-state index contributed by atoms with van der Waals surface area (Å²) in [6, 6.07) is 4.45. The number of rotatable bonds is 5. The van der Waals surface area contributed by atoms with Crippen LogP contribution in [-0.4, -0.2) is 27.2 Å². The van der Waals surface area contributed by atoms with Crippen LogP contribution >= 0.6 is 0 Å². The van der Waals surface area contributed by atoms with Gasteiger partial charge in [-0.3, -0.25) is 4.79 Å².